The minimum atomic E-state index is -0.599. The number of carbonyl (C=O) groups is 2. The largest absolute Gasteiger partial charge is 0.355 e. The van der Waals surface area contributed by atoms with Crippen LogP contribution in [-0.2, 0) is 9.59 Å². The van der Waals surface area contributed by atoms with Gasteiger partial charge in [0.05, 0.1) is 18.0 Å². The van der Waals surface area contributed by atoms with E-state index in [1.165, 1.54) is 18.2 Å². The van der Waals surface area contributed by atoms with Gasteiger partial charge in [0.15, 0.2) is 0 Å². The number of hydrogen-bond donors (Lipinski definition) is 2. The molecule has 0 atom stereocenters. The fraction of sp³-hybridized carbons (Fsp3) is 0.429. The predicted molar refractivity (Wildman–Crippen MR) is 87.5 cm³/mol. The van der Waals surface area contributed by atoms with Crippen LogP contribution in [0.1, 0.15) is 13.8 Å². The maximum Gasteiger partial charge on any atom is 0.292 e. The Kier molecular flexibility index (Phi) is 7.43. The lowest BCUT2D eigenvalue weighted by Crippen LogP contribution is -2.41. The second-order valence-corrected chi connectivity index (χ2v) is 5.16. The van der Waals surface area contributed by atoms with E-state index in [4.69, 9.17) is 11.6 Å². The summed E-state index contributed by atoms with van der Waals surface area (Å²) in [4.78, 5) is 35.6. The van der Waals surface area contributed by atoms with Gasteiger partial charge in [0.1, 0.15) is 5.69 Å². The van der Waals surface area contributed by atoms with Gasteiger partial charge in [-0.1, -0.05) is 18.5 Å². The van der Waals surface area contributed by atoms with Crippen molar-refractivity contribution in [3.63, 3.8) is 0 Å². The molecule has 1 aromatic carbocycles. The Hall–Kier alpha value is -2.19. The second kappa shape index (κ2) is 9.06. The molecule has 0 aromatic heterocycles. The van der Waals surface area contributed by atoms with E-state index >= 15 is 0 Å². The molecule has 0 saturated carbocycles. The van der Waals surface area contributed by atoms with Gasteiger partial charge in [0, 0.05) is 17.6 Å². The fourth-order valence-electron chi connectivity index (χ4n) is 1.90. The minimum absolute atomic E-state index is 0.0292. The van der Waals surface area contributed by atoms with Crippen LogP contribution in [0, 0.1) is 10.1 Å². The molecular formula is C14H19ClN4O4. The molecule has 0 saturated heterocycles. The van der Waals surface area contributed by atoms with Crippen molar-refractivity contribution in [2.75, 3.05) is 31.5 Å². The molecule has 23 heavy (non-hydrogen) atoms. The van der Waals surface area contributed by atoms with Crippen molar-refractivity contribution in [3.05, 3.63) is 33.3 Å². The Morgan fingerprint density at radius 2 is 1.91 bits per heavy atom. The molecule has 0 bridgehead atoms. The molecule has 0 unspecified atom stereocenters. The lowest BCUT2D eigenvalue weighted by atomic mass is 10.2. The van der Waals surface area contributed by atoms with Gasteiger partial charge in [-0.3, -0.25) is 24.6 Å². The van der Waals surface area contributed by atoms with Gasteiger partial charge < -0.3 is 10.6 Å². The number of benzene rings is 1. The van der Waals surface area contributed by atoms with Crippen LogP contribution in [-0.4, -0.2) is 47.8 Å². The number of nitro benzene ring substituents is 1. The van der Waals surface area contributed by atoms with Crippen LogP contribution in [0.5, 0.6) is 0 Å². The maximum atomic E-state index is 12.1. The van der Waals surface area contributed by atoms with Crippen molar-refractivity contribution in [3.8, 4) is 0 Å². The maximum absolute atomic E-state index is 12.1. The number of carbonyl (C=O) groups excluding carboxylic acids is 2. The molecule has 0 aliphatic rings. The summed E-state index contributed by atoms with van der Waals surface area (Å²) in [6.07, 6.45) is 0. The number of likely N-dealkylation sites (N-methyl/N-ethyl adjacent to an activating group) is 2. The average Bonchev–Trinajstić information content (AvgIpc) is 2.46. The molecule has 2 N–H and O–H groups in total. The summed E-state index contributed by atoms with van der Waals surface area (Å²) in [7, 11) is 0. The zero-order chi connectivity index (χ0) is 17.4. The first-order valence-electron chi connectivity index (χ1n) is 7.10. The third-order valence-corrected chi connectivity index (χ3v) is 3.22. The topological polar surface area (TPSA) is 105 Å². The van der Waals surface area contributed by atoms with Crippen LogP contribution < -0.4 is 10.6 Å². The Bertz CT molecular complexity index is 594. The van der Waals surface area contributed by atoms with Crippen molar-refractivity contribution in [1.82, 2.24) is 10.2 Å². The number of halogens is 1. The van der Waals surface area contributed by atoms with E-state index in [2.05, 4.69) is 10.6 Å². The van der Waals surface area contributed by atoms with Gasteiger partial charge in [-0.05, 0) is 25.6 Å². The molecule has 0 radical (unpaired) electrons. The van der Waals surface area contributed by atoms with Gasteiger partial charge in [-0.25, -0.2) is 0 Å². The Labute approximate surface area is 138 Å². The minimum Gasteiger partial charge on any atom is -0.355 e. The molecule has 1 aromatic rings. The van der Waals surface area contributed by atoms with E-state index in [1.807, 2.05) is 6.92 Å². The highest BCUT2D eigenvalue weighted by Crippen LogP contribution is 2.27. The fourth-order valence-corrected chi connectivity index (χ4v) is 2.07. The average molecular weight is 343 g/mol. The first kappa shape index (κ1) is 18.9. The third kappa shape index (κ3) is 6.21. The highest BCUT2D eigenvalue weighted by Gasteiger charge is 2.18. The molecule has 0 aliphatic carbocycles. The van der Waals surface area contributed by atoms with Crippen molar-refractivity contribution < 1.29 is 14.5 Å². The van der Waals surface area contributed by atoms with E-state index in [-0.39, 0.29) is 35.4 Å². The summed E-state index contributed by atoms with van der Waals surface area (Å²) >= 11 is 5.80. The molecule has 126 valence electrons. The summed E-state index contributed by atoms with van der Waals surface area (Å²) in [5, 5.41) is 16.3. The molecule has 8 nitrogen and oxygen atoms in total. The van der Waals surface area contributed by atoms with Gasteiger partial charge in [0.25, 0.3) is 5.69 Å². The number of hydrogen-bond acceptors (Lipinski definition) is 5. The lowest BCUT2D eigenvalue weighted by molar-refractivity contribution is -0.383. The Balaban J connectivity index is 2.73. The van der Waals surface area contributed by atoms with E-state index < -0.39 is 10.8 Å². The monoisotopic (exact) mass is 342 g/mol. The van der Waals surface area contributed by atoms with Gasteiger partial charge in [-0.15, -0.1) is 0 Å². The van der Waals surface area contributed by atoms with Crippen molar-refractivity contribution in [2.24, 2.45) is 0 Å². The van der Waals surface area contributed by atoms with E-state index in [9.17, 15) is 19.7 Å². The van der Waals surface area contributed by atoms with Crippen LogP contribution >= 0.6 is 11.6 Å². The summed E-state index contributed by atoms with van der Waals surface area (Å²) in [6, 6.07) is 3.92. The Morgan fingerprint density at radius 1 is 1.26 bits per heavy atom. The molecule has 0 heterocycles. The van der Waals surface area contributed by atoms with Crippen molar-refractivity contribution in [2.45, 2.75) is 13.8 Å². The van der Waals surface area contributed by atoms with Gasteiger partial charge >= 0.3 is 0 Å². The van der Waals surface area contributed by atoms with E-state index in [0.29, 0.717) is 13.1 Å². The normalized spacial score (nSPS) is 10.4. The molecule has 9 heteroatoms. The highest BCUT2D eigenvalue weighted by molar-refractivity contribution is 6.31. The summed E-state index contributed by atoms with van der Waals surface area (Å²) in [5.41, 5.74) is -0.212. The number of nitro groups is 1. The predicted octanol–water partition coefficient (Wildman–Crippen LogP) is 1.64. The van der Waals surface area contributed by atoms with Crippen LogP contribution in [0.25, 0.3) is 0 Å². The zero-order valence-corrected chi connectivity index (χ0v) is 13.7. The molecule has 2 amide bonds. The SMILES string of the molecule is CCNC(=O)CN(CC)CC(=O)Nc1cc(Cl)ccc1[N+](=O)[O-]. The van der Waals surface area contributed by atoms with Gasteiger partial charge in [-0.2, -0.15) is 0 Å². The molecule has 1 rings (SSSR count). The number of amides is 2. The smallest absolute Gasteiger partial charge is 0.292 e. The van der Waals surface area contributed by atoms with Crippen LogP contribution in [0.2, 0.25) is 5.02 Å². The third-order valence-electron chi connectivity index (χ3n) is 2.98. The summed E-state index contributed by atoms with van der Waals surface area (Å²) < 4.78 is 0. The quantitative estimate of drug-likeness (QED) is 0.552. The molecule has 0 aliphatic heterocycles. The van der Waals surface area contributed by atoms with Crippen molar-refractivity contribution >= 4 is 34.8 Å². The first-order chi connectivity index (χ1) is 10.9. The number of anilines is 1. The van der Waals surface area contributed by atoms with E-state index in [0.717, 1.165) is 0 Å². The number of nitrogens with zero attached hydrogens (tertiary/aromatic N) is 2. The molecular weight excluding hydrogens is 324 g/mol. The number of rotatable bonds is 8. The van der Waals surface area contributed by atoms with Crippen LogP contribution in [0.3, 0.4) is 0 Å². The molecule has 0 fully saturated rings. The van der Waals surface area contributed by atoms with Crippen LogP contribution in [0.15, 0.2) is 18.2 Å². The summed E-state index contributed by atoms with van der Waals surface area (Å²) in [5.74, 6) is -0.641. The van der Waals surface area contributed by atoms with E-state index in [1.54, 1.807) is 11.8 Å². The highest BCUT2D eigenvalue weighted by atomic mass is 35.5. The zero-order valence-electron chi connectivity index (χ0n) is 13.0. The Morgan fingerprint density at radius 3 is 2.48 bits per heavy atom. The molecule has 0 spiro atoms. The standard InChI is InChI=1S/C14H19ClN4O4/c1-3-16-13(20)8-18(4-2)9-14(21)17-11-7-10(15)5-6-12(11)19(22)23/h5-7H,3-4,8-9H2,1-2H3,(H,16,20)(H,17,21). The summed E-state index contributed by atoms with van der Waals surface area (Å²) in [6.45, 7) is 4.64. The second-order valence-electron chi connectivity index (χ2n) is 4.72. The van der Waals surface area contributed by atoms with Crippen LogP contribution in [0.4, 0.5) is 11.4 Å². The van der Waals surface area contributed by atoms with Crippen molar-refractivity contribution in [1.29, 1.82) is 0 Å². The number of nitrogens with one attached hydrogen (secondary N) is 2. The van der Waals surface area contributed by atoms with Gasteiger partial charge in [0.2, 0.25) is 11.8 Å². The lowest BCUT2D eigenvalue weighted by Gasteiger charge is -2.19. The first-order valence-corrected chi connectivity index (χ1v) is 7.48.